The zero-order valence-electron chi connectivity index (χ0n) is 10.8. The van der Waals surface area contributed by atoms with Gasteiger partial charge in [-0.25, -0.2) is 9.78 Å². The largest absolute Gasteiger partial charge is 0.476 e. The number of aromatic nitrogens is 3. The molecule has 3 heterocycles. The molecule has 0 spiro atoms. The topological polar surface area (TPSA) is 102 Å². The third-order valence-corrected chi connectivity index (χ3v) is 3.24. The van der Waals surface area contributed by atoms with Crippen molar-refractivity contribution in [3.05, 3.63) is 30.2 Å². The Morgan fingerprint density at radius 1 is 1.60 bits per heavy atom. The van der Waals surface area contributed by atoms with Crippen molar-refractivity contribution in [3.8, 4) is 0 Å². The van der Waals surface area contributed by atoms with Gasteiger partial charge in [0, 0.05) is 26.0 Å². The fraction of sp³-hybridized carbons (Fsp3) is 0.417. The predicted octanol–water partition coefficient (Wildman–Crippen LogP) is 1.05. The lowest BCUT2D eigenvalue weighted by Gasteiger charge is -2.18. The van der Waals surface area contributed by atoms with Crippen LogP contribution in [0.5, 0.6) is 0 Å². The second kappa shape index (κ2) is 4.97. The van der Waals surface area contributed by atoms with Crippen molar-refractivity contribution >= 4 is 12.0 Å². The summed E-state index contributed by atoms with van der Waals surface area (Å²) in [4.78, 5) is 18.9. The van der Waals surface area contributed by atoms with Gasteiger partial charge in [-0.05, 0) is 6.42 Å². The third-order valence-electron chi connectivity index (χ3n) is 3.24. The first kappa shape index (κ1) is 12.7. The maximum atomic E-state index is 10.8. The predicted molar refractivity (Wildman–Crippen MR) is 67.4 cm³/mol. The SMILES string of the molecule is Cn1ccnc1[C@H]1OCC[C@@H]1Nc1nc(C(=O)O)co1. The maximum absolute atomic E-state index is 10.8. The number of hydrogen-bond acceptors (Lipinski definition) is 6. The second-order valence-corrected chi connectivity index (χ2v) is 4.57. The zero-order valence-corrected chi connectivity index (χ0v) is 10.8. The first-order valence-corrected chi connectivity index (χ1v) is 6.19. The molecular weight excluding hydrogens is 264 g/mol. The van der Waals surface area contributed by atoms with Crippen molar-refractivity contribution in [1.29, 1.82) is 0 Å². The number of oxazole rings is 1. The number of imidazole rings is 1. The van der Waals surface area contributed by atoms with E-state index in [9.17, 15) is 4.79 Å². The summed E-state index contributed by atoms with van der Waals surface area (Å²) >= 11 is 0. The number of aromatic carboxylic acids is 1. The van der Waals surface area contributed by atoms with Crippen LogP contribution < -0.4 is 5.32 Å². The molecular formula is C12H14N4O4. The number of nitrogens with one attached hydrogen (secondary N) is 1. The van der Waals surface area contributed by atoms with Crippen LogP contribution >= 0.6 is 0 Å². The normalized spacial score (nSPS) is 22.1. The van der Waals surface area contributed by atoms with Gasteiger partial charge in [0.05, 0.1) is 6.04 Å². The van der Waals surface area contributed by atoms with E-state index in [4.69, 9.17) is 14.3 Å². The van der Waals surface area contributed by atoms with Gasteiger partial charge in [0.2, 0.25) is 0 Å². The summed E-state index contributed by atoms with van der Waals surface area (Å²) in [6.07, 6.45) is 5.22. The molecule has 1 aliphatic rings. The van der Waals surface area contributed by atoms with Gasteiger partial charge in [-0.15, -0.1) is 0 Å². The molecule has 1 fully saturated rings. The summed E-state index contributed by atoms with van der Waals surface area (Å²) in [6.45, 7) is 0.599. The van der Waals surface area contributed by atoms with E-state index < -0.39 is 5.97 Å². The molecule has 3 rings (SSSR count). The van der Waals surface area contributed by atoms with Crippen molar-refractivity contribution in [2.75, 3.05) is 11.9 Å². The van der Waals surface area contributed by atoms with Crippen LogP contribution in [0.1, 0.15) is 28.8 Å². The molecule has 0 bridgehead atoms. The Balaban J connectivity index is 1.76. The van der Waals surface area contributed by atoms with E-state index in [2.05, 4.69) is 15.3 Å². The van der Waals surface area contributed by atoms with Crippen molar-refractivity contribution in [2.24, 2.45) is 7.05 Å². The van der Waals surface area contributed by atoms with E-state index >= 15 is 0 Å². The van der Waals surface area contributed by atoms with E-state index in [1.54, 1.807) is 6.20 Å². The van der Waals surface area contributed by atoms with Gasteiger partial charge in [-0.2, -0.15) is 4.98 Å². The minimum Gasteiger partial charge on any atom is -0.476 e. The van der Waals surface area contributed by atoms with Crippen molar-refractivity contribution in [3.63, 3.8) is 0 Å². The van der Waals surface area contributed by atoms with Crippen molar-refractivity contribution < 1.29 is 19.1 Å². The maximum Gasteiger partial charge on any atom is 0.357 e. The Morgan fingerprint density at radius 2 is 2.45 bits per heavy atom. The smallest absolute Gasteiger partial charge is 0.357 e. The van der Waals surface area contributed by atoms with Crippen LogP contribution in [0.4, 0.5) is 6.01 Å². The number of aryl methyl sites for hydroxylation is 1. The molecule has 1 aliphatic heterocycles. The summed E-state index contributed by atoms with van der Waals surface area (Å²) < 4.78 is 12.7. The Kier molecular flexibility index (Phi) is 3.15. The van der Waals surface area contributed by atoms with Crippen molar-refractivity contribution in [2.45, 2.75) is 18.6 Å². The molecule has 8 heteroatoms. The highest BCUT2D eigenvalue weighted by Gasteiger charge is 2.33. The Hall–Kier alpha value is -2.35. The first-order chi connectivity index (χ1) is 9.65. The van der Waals surface area contributed by atoms with Gasteiger partial charge in [-0.1, -0.05) is 0 Å². The lowest BCUT2D eigenvalue weighted by molar-refractivity contribution is 0.0690. The highest BCUT2D eigenvalue weighted by molar-refractivity contribution is 5.85. The highest BCUT2D eigenvalue weighted by atomic mass is 16.5. The van der Waals surface area contributed by atoms with E-state index in [1.807, 2.05) is 17.8 Å². The Morgan fingerprint density at radius 3 is 3.10 bits per heavy atom. The molecule has 2 atom stereocenters. The third kappa shape index (κ3) is 2.25. The van der Waals surface area contributed by atoms with Gasteiger partial charge in [-0.3, -0.25) is 0 Å². The second-order valence-electron chi connectivity index (χ2n) is 4.57. The average Bonchev–Trinajstić information content (AvgIpc) is 3.10. The molecule has 8 nitrogen and oxygen atoms in total. The van der Waals surface area contributed by atoms with Crippen LogP contribution in [0.15, 0.2) is 23.1 Å². The molecule has 2 N–H and O–H groups in total. The number of ether oxygens (including phenoxy) is 1. The number of hydrogen-bond donors (Lipinski definition) is 2. The average molecular weight is 278 g/mol. The zero-order chi connectivity index (χ0) is 14.1. The molecule has 0 unspecified atom stereocenters. The van der Waals surface area contributed by atoms with Crippen LogP contribution in [0.2, 0.25) is 0 Å². The van der Waals surface area contributed by atoms with Gasteiger partial charge in [0.25, 0.3) is 6.01 Å². The van der Waals surface area contributed by atoms with E-state index in [0.29, 0.717) is 6.61 Å². The van der Waals surface area contributed by atoms with Crippen molar-refractivity contribution in [1.82, 2.24) is 14.5 Å². The van der Waals surface area contributed by atoms with Crippen LogP contribution in [-0.4, -0.2) is 38.3 Å². The molecule has 0 aliphatic carbocycles. The van der Waals surface area contributed by atoms with Crippen LogP contribution in [0.25, 0.3) is 0 Å². The molecule has 106 valence electrons. The minimum absolute atomic E-state index is 0.0589. The van der Waals surface area contributed by atoms with Crippen LogP contribution in [0.3, 0.4) is 0 Å². The number of carboxylic acids is 1. The molecule has 20 heavy (non-hydrogen) atoms. The van der Waals surface area contributed by atoms with Gasteiger partial charge < -0.3 is 24.1 Å². The summed E-state index contributed by atoms with van der Waals surface area (Å²) in [5.74, 6) is -0.310. The molecule has 0 saturated carbocycles. The summed E-state index contributed by atoms with van der Waals surface area (Å²) in [7, 11) is 1.90. The Bertz CT molecular complexity index is 621. The number of rotatable bonds is 4. The summed E-state index contributed by atoms with van der Waals surface area (Å²) in [5, 5.41) is 11.9. The molecule has 0 radical (unpaired) electrons. The van der Waals surface area contributed by atoms with Gasteiger partial charge >= 0.3 is 5.97 Å². The minimum atomic E-state index is -1.12. The summed E-state index contributed by atoms with van der Waals surface area (Å²) in [6, 6.07) is 0.119. The number of carbonyl (C=O) groups is 1. The monoisotopic (exact) mass is 278 g/mol. The van der Waals surface area contributed by atoms with E-state index in [-0.39, 0.29) is 23.9 Å². The number of anilines is 1. The quantitative estimate of drug-likeness (QED) is 0.861. The molecule has 2 aromatic rings. The lowest BCUT2D eigenvalue weighted by Crippen LogP contribution is -2.25. The van der Waals surface area contributed by atoms with Gasteiger partial charge in [0.1, 0.15) is 18.2 Å². The van der Waals surface area contributed by atoms with E-state index in [1.165, 1.54) is 0 Å². The van der Waals surface area contributed by atoms with Crippen LogP contribution in [-0.2, 0) is 11.8 Å². The van der Waals surface area contributed by atoms with E-state index in [0.717, 1.165) is 18.5 Å². The molecule has 0 amide bonds. The fourth-order valence-electron chi connectivity index (χ4n) is 2.24. The number of carboxylic acid groups (broad SMARTS) is 1. The lowest BCUT2D eigenvalue weighted by atomic mass is 10.1. The summed E-state index contributed by atoms with van der Waals surface area (Å²) in [5.41, 5.74) is -0.125. The standard InChI is InChI=1S/C12H14N4O4/c1-16-4-3-13-10(16)9-7(2-5-19-9)14-12-15-8(6-20-12)11(17)18/h3-4,6-7,9H,2,5H2,1H3,(H,14,15)(H,17,18)/t7-,9-/m0/s1. The fourth-order valence-corrected chi connectivity index (χ4v) is 2.24. The highest BCUT2D eigenvalue weighted by Crippen LogP contribution is 2.30. The molecule has 0 aromatic carbocycles. The first-order valence-electron chi connectivity index (χ1n) is 6.19. The molecule has 1 saturated heterocycles. The Labute approximate surface area is 114 Å². The van der Waals surface area contributed by atoms with Crippen LogP contribution in [0, 0.1) is 0 Å². The molecule has 2 aromatic heterocycles. The van der Waals surface area contributed by atoms with Gasteiger partial charge in [0.15, 0.2) is 5.69 Å². The number of nitrogens with zero attached hydrogens (tertiary/aromatic N) is 3.